The number of amidine groups is 1. The van der Waals surface area contributed by atoms with E-state index < -0.39 is 0 Å². The molecule has 10 heteroatoms. The van der Waals surface area contributed by atoms with E-state index in [9.17, 15) is 4.79 Å². The molecule has 1 aromatic heterocycles. The third-order valence-electron chi connectivity index (χ3n) is 2.95. The molecule has 116 valence electrons. The second-order valence-electron chi connectivity index (χ2n) is 4.29. The topological polar surface area (TPSA) is 112 Å². The summed E-state index contributed by atoms with van der Waals surface area (Å²) in [5, 5.41) is 7.74. The molecule has 1 aromatic carbocycles. The Morgan fingerprint density at radius 3 is 2.50 bits per heavy atom. The summed E-state index contributed by atoms with van der Waals surface area (Å²) in [4.78, 5) is 12.0. The molecule has 2 aromatic rings. The van der Waals surface area contributed by atoms with Crippen LogP contribution in [0.5, 0.6) is 11.5 Å². The highest BCUT2D eigenvalue weighted by Gasteiger charge is 2.19. The molecular formula is C12H14N6O3S. The molecule has 22 heavy (non-hydrogen) atoms. The molecule has 1 aliphatic rings. The maximum Gasteiger partial charge on any atom is 0.271 e. The van der Waals surface area contributed by atoms with Crippen LogP contribution in [-0.2, 0) is 0 Å². The van der Waals surface area contributed by atoms with Gasteiger partial charge in [0, 0.05) is 23.9 Å². The number of methoxy groups -OCH3 is 2. The Bertz CT molecular complexity index is 746. The van der Waals surface area contributed by atoms with Gasteiger partial charge in [-0.2, -0.15) is 0 Å². The lowest BCUT2D eigenvalue weighted by atomic mass is 10.2. The molecule has 0 aliphatic carbocycles. The number of aromatic nitrogens is 1. The highest BCUT2D eigenvalue weighted by Crippen LogP contribution is 2.30. The summed E-state index contributed by atoms with van der Waals surface area (Å²) < 4.78 is 13.1. The molecule has 3 rings (SSSR count). The Hall–Kier alpha value is -2.72. The molecule has 0 saturated heterocycles. The van der Waals surface area contributed by atoms with Gasteiger partial charge >= 0.3 is 0 Å². The first-order chi connectivity index (χ1) is 10.7. The average Bonchev–Trinajstić information content (AvgIpc) is 3.16. The number of benzene rings is 1. The summed E-state index contributed by atoms with van der Waals surface area (Å²) >= 11 is 1.18. The van der Waals surface area contributed by atoms with Gasteiger partial charge in [-0.25, -0.2) is 5.53 Å². The zero-order chi connectivity index (χ0) is 15.5. The molecule has 2 heterocycles. The zero-order valence-corrected chi connectivity index (χ0v) is 12.6. The van der Waals surface area contributed by atoms with Crippen molar-refractivity contribution in [3.63, 3.8) is 0 Å². The summed E-state index contributed by atoms with van der Waals surface area (Å²) in [7, 11) is 3.15. The highest BCUT2D eigenvalue weighted by atomic mass is 32.1. The van der Waals surface area contributed by atoms with E-state index in [4.69, 9.17) is 9.47 Å². The number of hydrogen-bond acceptors (Lipinski definition) is 9. The normalized spacial score (nSPS) is 13.1. The van der Waals surface area contributed by atoms with Gasteiger partial charge in [-0.05, 0) is 11.5 Å². The maximum absolute atomic E-state index is 12.0. The van der Waals surface area contributed by atoms with Crippen molar-refractivity contribution in [2.45, 2.75) is 0 Å². The number of ether oxygens (including phenoxy) is 2. The van der Waals surface area contributed by atoms with Crippen LogP contribution in [0.1, 0.15) is 5.56 Å². The molecule has 9 nitrogen and oxygen atoms in total. The van der Waals surface area contributed by atoms with Crippen LogP contribution in [0.2, 0.25) is 0 Å². The number of aromatic amines is 1. The van der Waals surface area contributed by atoms with Gasteiger partial charge in [-0.15, -0.1) is 10.6 Å². The van der Waals surface area contributed by atoms with Crippen LogP contribution in [0.25, 0.3) is 0 Å². The van der Waals surface area contributed by atoms with Crippen LogP contribution in [0, 0.1) is 0 Å². The number of nitrogens with zero attached hydrogens (tertiary/aromatic N) is 1. The van der Waals surface area contributed by atoms with Crippen molar-refractivity contribution in [3.8, 4) is 11.5 Å². The fourth-order valence-electron chi connectivity index (χ4n) is 1.93. The van der Waals surface area contributed by atoms with Crippen LogP contribution in [0.15, 0.2) is 28.1 Å². The molecule has 0 unspecified atom stereocenters. The molecule has 0 spiro atoms. The Morgan fingerprint density at radius 1 is 1.18 bits per heavy atom. The van der Waals surface area contributed by atoms with Crippen LogP contribution < -0.4 is 36.8 Å². The Morgan fingerprint density at radius 2 is 1.91 bits per heavy atom. The molecule has 0 bridgehead atoms. The molecule has 1 aliphatic heterocycles. The number of nitrogens with one attached hydrogen (secondary N) is 5. The lowest BCUT2D eigenvalue weighted by molar-refractivity contribution is 0.395. The molecule has 0 amide bonds. The quantitative estimate of drug-likeness (QED) is 0.544. The van der Waals surface area contributed by atoms with Crippen molar-refractivity contribution in [2.24, 2.45) is 5.10 Å². The summed E-state index contributed by atoms with van der Waals surface area (Å²) in [6.45, 7) is 0. The van der Waals surface area contributed by atoms with E-state index in [0.717, 1.165) is 5.69 Å². The number of anilines is 2. The molecule has 0 saturated carbocycles. The van der Waals surface area contributed by atoms with Crippen LogP contribution >= 0.6 is 11.5 Å². The van der Waals surface area contributed by atoms with Gasteiger partial charge in [0.05, 0.1) is 14.2 Å². The number of hydrazone groups is 1. The van der Waals surface area contributed by atoms with E-state index in [2.05, 4.69) is 31.3 Å². The van der Waals surface area contributed by atoms with Gasteiger partial charge in [-0.3, -0.25) is 14.6 Å². The minimum Gasteiger partial charge on any atom is -0.497 e. The van der Waals surface area contributed by atoms with E-state index in [1.807, 2.05) is 0 Å². The van der Waals surface area contributed by atoms with Gasteiger partial charge < -0.3 is 14.8 Å². The minimum atomic E-state index is -0.237. The molecule has 0 radical (unpaired) electrons. The lowest BCUT2D eigenvalue weighted by Crippen LogP contribution is -2.36. The van der Waals surface area contributed by atoms with Gasteiger partial charge in [0.15, 0.2) is 5.84 Å². The first kappa shape index (κ1) is 14.2. The van der Waals surface area contributed by atoms with Crippen molar-refractivity contribution in [1.29, 1.82) is 0 Å². The predicted octanol–water partition coefficient (Wildman–Crippen LogP) is 0.471. The number of hydrazine groups is 2. The number of rotatable bonds is 5. The SMILES string of the molecule is COc1cc(Nc2s[nH]c(=O)c2C2=NNNN2)cc(OC)c1. The minimum absolute atomic E-state index is 0.237. The number of hydrogen-bond donors (Lipinski definition) is 5. The van der Waals surface area contributed by atoms with E-state index in [1.165, 1.54) is 11.5 Å². The first-order valence-corrected chi connectivity index (χ1v) is 7.08. The van der Waals surface area contributed by atoms with E-state index in [0.29, 0.717) is 27.9 Å². The molecule has 0 atom stereocenters. The van der Waals surface area contributed by atoms with Gasteiger partial charge in [-0.1, -0.05) is 0 Å². The molecule has 5 N–H and O–H groups in total. The zero-order valence-electron chi connectivity index (χ0n) is 11.8. The lowest BCUT2D eigenvalue weighted by Gasteiger charge is -2.10. The predicted molar refractivity (Wildman–Crippen MR) is 83.7 cm³/mol. The number of H-pyrrole nitrogens is 1. The van der Waals surface area contributed by atoms with Gasteiger partial charge in [0.2, 0.25) is 0 Å². The summed E-state index contributed by atoms with van der Waals surface area (Å²) in [5.41, 5.74) is 8.78. The average molecular weight is 322 g/mol. The van der Waals surface area contributed by atoms with Gasteiger partial charge in [0.1, 0.15) is 22.1 Å². The standard InChI is InChI=1S/C12H14N6O3S/c1-20-7-3-6(4-8(5-7)21-2)13-12-9(11(19)16-22-12)10-14-17-18-15-10/h3-5,13,17-18H,1-2H3,(H,14,15)(H,16,19). The Balaban J connectivity index is 1.95. The first-order valence-electron chi connectivity index (χ1n) is 6.27. The molecular weight excluding hydrogens is 308 g/mol. The Labute approximate surface area is 129 Å². The molecule has 0 fully saturated rings. The second kappa shape index (κ2) is 5.95. The third kappa shape index (κ3) is 2.69. The van der Waals surface area contributed by atoms with Crippen molar-refractivity contribution in [3.05, 3.63) is 34.1 Å². The Kier molecular flexibility index (Phi) is 3.85. The fraction of sp³-hybridized carbons (Fsp3) is 0.167. The largest absolute Gasteiger partial charge is 0.497 e. The van der Waals surface area contributed by atoms with Gasteiger partial charge in [0.25, 0.3) is 5.56 Å². The van der Waals surface area contributed by atoms with E-state index in [-0.39, 0.29) is 5.56 Å². The smallest absolute Gasteiger partial charge is 0.271 e. The van der Waals surface area contributed by atoms with Crippen LogP contribution in [-0.4, -0.2) is 24.4 Å². The fourth-order valence-corrected chi connectivity index (χ4v) is 2.69. The van der Waals surface area contributed by atoms with Crippen molar-refractivity contribution in [2.75, 3.05) is 19.5 Å². The summed E-state index contributed by atoms with van der Waals surface area (Å²) in [6, 6.07) is 5.37. The summed E-state index contributed by atoms with van der Waals surface area (Å²) in [6.07, 6.45) is 0. The summed E-state index contributed by atoms with van der Waals surface area (Å²) in [5.74, 6) is 1.69. The maximum atomic E-state index is 12.0. The van der Waals surface area contributed by atoms with Crippen molar-refractivity contribution in [1.82, 2.24) is 20.9 Å². The van der Waals surface area contributed by atoms with Crippen molar-refractivity contribution >= 4 is 28.1 Å². The van der Waals surface area contributed by atoms with Crippen molar-refractivity contribution < 1.29 is 9.47 Å². The highest BCUT2D eigenvalue weighted by molar-refractivity contribution is 7.10. The van der Waals surface area contributed by atoms with E-state index in [1.54, 1.807) is 32.4 Å². The third-order valence-corrected chi connectivity index (χ3v) is 3.75. The van der Waals surface area contributed by atoms with E-state index >= 15 is 0 Å². The monoisotopic (exact) mass is 322 g/mol. The van der Waals surface area contributed by atoms with Crippen LogP contribution in [0.4, 0.5) is 10.7 Å². The van der Waals surface area contributed by atoms with Crippen LogP contribution in [0.3, 0.4) is 0 Å². The second-order valence-corrected chi connectivity index (χ2v) is 5.10.